The van der Waals surface area contributed by atoms with Crippen LogP contribution in [0.1, 0.15) is 19.5 Å². The van der Waals surface area contributed by atoms with Crippen molar-refractivity contribution in [1.29, 1.82) is 0 Å². The van der Waals surface area contributed by atoms with Gasteiger partial charge in [-0.3, -0.25) is 0 Å². The van der Waals surface area contributed by atoms with Crippen molar-refractivity contribution in [3.8, 4) is 5.75 Å². The number of fused-ring (bicyclic) bond motifs is 1. The standard InChI is InChI=1S/C14H20N2O/c1-3-16(4-2)9-8-11-10-12-13(15-11)6-5-7-14(12)17/h5-7,10,15,17H,3-4,8-9H2,1-2H3. The highest BCUT2D eigenvalue weighted by Gasteiger charge is 2.05. The number of hydrogen-bond donors (Lipinski definition) is 2. The van der Waals surface area contributed by atoms with Gasteiger partial charge in [-0.05, 0) is 31.3 Å². The number of aromatic nitrogens is 1. The maximum Gasteiger partial charge on any atom is 0.124 e. The zero-order valence-corrected chi connectivity index (χ0v) is 10.5. The van der Waals surface area contributed by atoms with Crippen LogP contribution in [0, 0.1) is 0 Å². The van der Waals surface area contributed by atoms with Gasteiger partial charge in [0, 0.05) is 29.6 Å². The lowest BCUT2D eigenvalue weighted by molar-refractivity contribution is 0.307. The molecular formula is C14H20N2O. The summed E-state index contributed by atoms with van der Waals surface area (Å²) in [6.45, 7) is 7.59. The summed E-state index contributed by atoms with van der Waals surface area (Å²) in [5, 5.41) is 10.6. The molecule has 0 bridgehead atoms. The number of benzene rings is 1. The van der Waals surface area contributed by atoms with Gasteiger partial charge in [0.05, 0.1) is 0 Å². The van der Waals surface area contributed by atoms with Crippen LogP contribution in [0.5, 0.6) is 5.75 Å². The first-order valence-electron chi connectivity index (χ1n) is 6.26. The van der Waals surface area contributed by atoms with Gasteiger partial charge in [0.2, 0.25) is 0 Å². The SMILES string of the molecule is CCN(CC)CCc1cc2c(O)cccc2[nH]1. The van der Waals surface area contributed by atoms with E-state index < -0.39 is 0 Å². The molecule has 0 saturated heterocycles. The Bertz CT molecular complexity index is 486. The van der Waals surface area contributed by atoms with E-state index in [0.29, 0.717) is 5.75 Å². The number of phenolic OH excluding ortho intramolecular Hbond substituents is 1. The summed E-state index contributed by atoms with van der Waals surface area (Å²) in [5.41, 5.74) is 2.20. The van der Waals surface area contributed by atoms with E-state index in [0.717, 1.165) is 37.0 Å². The quantitative estimate of drug-likeness (QED) is 0.832. The van der Waals surface area contributed by atoms with E-state index >= 15 is 0 Å². The molecule has 1 aromatic carbocycles. The predicted molar refractivity (Wildman–Crippen MR) is 71.5 cm³/mol. The average Bonchev–Trinajstić information content (AvgIpc) is 2.75. The van der Waals surface area contributed by atoms with Gasteiger partial charge >= 0.3 is 0 Å². The molecule has 0 atom stereocenters. The van der Waals surface area contributed by atoms with Crippen LogP contribution < -0.4 is 0 Å². The molecular weight excluding hydrogens is 212 g/mol. The second-order valence-electron chi connectivity index (χ2n) is 4.31. The maximum absolute atomic E-state index is 9.72. The van der Waals surface area contributed by atoms with Gasteiger partial charge in [0.1, 0.15) is 5.75 Å². The van der Waals surface area contributed by atoms with Crippen molar-refractivity contribution in [1.82, 2.24) is 9.88 Å². The molecule has 2 N–H and O–H groups in total. The van der Waals surface area contributed by atoms with Gasteiger partial charge in [0.25, 0.3) is 0 Å². The third-order valence-corrected chi connectivity index (χ3v) is 3.29. The molecule has 3 nitrogen and oxygen atoms in total. The number of hydrogen-bond acceptors (Lipinski definition) is 2. The summed E-state index contributed by atoms with van der Waals surface area (Å²) in [6.07, 6.45) is 0.996. The minimum Gasteiger partial charge on any atom is -0.507 e. The molecule has 0 saturated carbocycles. The minimum atomic E-state index is 0.354. The van der Waals surface area contributed by atoms with E-state index in [1.807, 2.05) is 18.2 Å². The lowest BCUT2D eigenvalue weighted by Crippen LogP contribution is -2.25. The molecule has 92 valence electrons. The van der Waals surface area contributed by atoms with Gasteiger partial charge < -0.3 is 15.0 Å². The Morgan fingerprint density at radius 3 is 2.65 bits per heavy atom. The molecule has 0 amide bonds. The Hall–Kier alpha value is -1.48. The Balaban J connectivity index is 2.12. The van der Waals surface area contributed by atoms with Gasteiger partial charge in [-0.1, -0.05) is 19.9 Å². The zero-order chi connectivity index (χ0) is 12.3. The third-order valence-electron chi connectivity index (χ3n) is 3.29. The maximum atomic E-state index is 9.72. The lowest BCUT2D eigenvalue weighted by atomic mass is 10.2. The van der Waals surface area contributed by atoms with E-state index in [-0.39, 0.29) is 0 Å². The van der Waals surface area contributed by atoms with Crippen molar-refractivity contribution >= 4 is 10.9 Å². The summed E-state index contributed by atoms with van der Waals surface area (Å²) in [7, 11) is 0. The molecule has 0 radical (unpaired) electrons. The number of aromatic amines is 1. The number of nitrogens with one attached hydrogen (secondary N) is 1. The van der Waals surface area contributed by atoms with Crippen molar-refractivity contribution in [3.05, 3.63) is 30.0 Å². The molecule has 0 aliphatic rings. The Morgan fingerprint density at radius 1 is 1.24 bits per heavy atom. The van der Waals surface area contributed by atoms with Crippen LogP contribution in [0.4, 0.5) is 0 Å². The third kappa shape index (κ3) is 2.61. The number of H-pyrrole nitrogens is 1. The molecule has 2 aromatic rings. The summed E-state index contributed by atoms with van der Waals surface area (Å²) in [6, 6.07) is 7.64. The number of aromatic hydroxyl groups is 1. The molecule has 2 rings (SSSR count). The second-order valence-corrected chi connectivity index (χ2v) is 4.31. The Morgan fingerprint density at radius 2 is 2.00 bits per heavy atom. The number of likely N-dealkylation sites (N-methyl/N-ethyl adjacent to an activating group) is 1. The lowest BCUT2D eigenvalue weighted by Gasteiger charge is -2.16. The molecule has 1 heterocycles. The smallest absolute Gasteiger partial charge is 0.124 e. The monoisotopic (exact) mass is 232 g/mol. The number of phenols is 1. The van der Waals surface area contributed by atoms with Crippen LogP contribution in [0.2, 0.25) is 0 Å². The average molecular weight is 232 g/mol. The summed E-state index contributed by atoms with van der Waals surface area (Å²) >= 11 is 0. The molecule has 1 aromatic heterocycles. The Kier molecular flexibility index (Phi) is 3.69. The van der Waals surface area contributed by atoms with Crippen molar-refractivity contribution in [3.63, 3.8) is 0 Å². The zero-order valence-electron chi connectivity index (χ0n) is 10.5. The van der Waals surface area contributed by atoms with E-state index in [9.17, 15) is 5.11 Å². The first-order chi connectivity index (χ1) is 8.24. The molecule has 17 heavy (non-hydrogen) atoms. The normalized spacial score (nSPS) is 11.5. The van der Waals surface area contributed by atoms with Crippen molar-refractivity contribution in [2.24, 2.45) is 0 Å². The van der Waals surface area contributed by atoms with E-state index in [2.05, 4.69) is 23.7 Å². The van der Waals surface area contributed by atoms with Crippen LogP contribution in [0.25, 0.3) is 10.9 Å². The number of nitrogens with zero attached hydrogens (tertiary/aromatic N) is 1. The molecule has 0 unspecified atom stereocenters. The summed E-state index contributed by atoms with van der Waals surface area (Å²) in [4.78, 5) is 5.75. The second kappa shape index (κ2) is 5.23. The fourth-order valence-corrected chi connectivity index (χ4v) is 2.15. The fourth-order valence-electron chi connectivity index (χ4n) is 2.15. The van der Waals surface area contributed by atoms with E-state index in [1.54, 1.807) is 6.07 Å². The molecule has 0 spiro atoms. The van der Waals surface area contributed by atoms with Crippen LogP contribution in [-0.2, 0) is 6.42 Å². The molecule has 0 aliphatic carbocycles. The summed E-state index contributed by atoms with van der Waals surface area (Å²) in [5.74, 6) is 0.354. The van der Waals surface area contributed by atoms with E-state index in [4.69, 9.17) is 0 Å². The topological polar surface area (TPSA) is 39.3 Å². The summed E-state index contributed by atoms with van der Waals surface area (Å²) < 4.78 is 0. The van der Waals surface area contributed by atoms with Crippen LogP contribution in [0.3, 0.4) is 0 Å². The number of rotatable bonds is 5. The first kappa shape index (κ1) is 12.0. The largest absolute Gasteiger partial charge is 0.507 e. The van der Waals surface area contributed by atoms with Crippen molar-refractivity contribution in [2.45, 2.75) is 20.3 Å². The Labute approximate surface area is 102 Å². The van der Waals surface area contributed by atoms with Crippen LogP contribution in [0.15, 0.2) is 24.3 Å². The van der Waals surface area contributed by atoms with Crippen LogP contribution in [-0.4, -0.2) is 34.6 Å². The molecule has 0 fully saturated rings. The van der Waals surface area contributed by atoms with Crippen LogP contribution >= 0.6 is 0 Å². The van der Waals surface area contributed by atoms with Crippen molar-refractivity contribution < 1.29 is 5.11 Å². The molecule has 0 aliphatic heterocycles. The minimum absolute atomic E-state index is 0.354. The van der Waals surface area contributed by atoms with Crippen molar-refractivity contribution in [2.75, 3.05) is 19.6 Å². The fraction of sp³-hybridized carbons (Fsp3) is 0.429. The van der Waals surface area contributed by atoms with E-state index in [1.165, 1.54) is 5.69 Å². The first-order valence-corrected chi connectivity index (χ1v) is 6.26. The van der Waals surface area contributed by atoms with Gasteiger partial charge in [-0.15, -0.1) is 0 Å². The highest BCUT2D eigenvalue weighted by atomic mass is 16.3. The highest BCUT2D eigenvalue weighted by Crippen LogP contribution is 2.24. The van der Waals surface area contributed by atoms with Gasteiger partial charge in [0.15, 0.2) is 0 Å². The predicted octanol–water partition coefficient (Wildman–Crippen LogP) is 2.76. The van der Waals surface area contributed by atoms with Gasteiger partial charge in [-0.25, -0.2) is 0 Å². The molecule has 3 heteroatoms. The highest BCUT2D eigenvalue weighted by molar-refractivity contribution is 5.86. The van der Waals surface area contributed by atoms with Gasteiger partial charge in [-0.2, -0.15) is 0 Å².